The highest BCUT2D eigenvalue weighted by atomic mass is 79.9. The highest BCUT2D eigenvalue weighted by molar-refractivity contribution is 9.10. The summed E-state index contributed by atoms with van der Waals surface area (Å²) in [4.78, 5) is 34.1. The lowest BCUT2D eigenvalue weighted by atomic mass is 10.1. The maximum absolute atomic E-state index is 11.7. The van der Waals surface area contributed by atoms with Gasteiger partial charge in [-0.3, -0.25) is 10.1 Å². The van der Waals surface area contributed by atoms with Crippen molar-refractivity contribution < 1.29 is 19.5 Å². The molecule has 0 bridgehead atoms. The van der Waals surface area contributed by atoms with Gasteiger partial charge < -0.3 is 10.4 Å². The summed E-state index contributed by atoms with van der Waals surface area (Å²) in [6, 6.07) is 3.93. The van der Waals surface area contributed by atoms with Crippen molar-refractivity contribution in [2.24, 2.45) is 0 Å². The summed E-state index contributed by atoms with van der Waals surface area (Å²) in [5, 5.41) is 13.7. The molecule has 3 amide bonds. The van der Waals surface area contributed by atoms with Gasteiger partial charge in [-0.05, 0) is 48.0 Å². The Morgan fingerprint density at radius 3 is 2.33 bits per heavy atom. The van der Waals surface area contributed by atoms with E-state index in [0.717, 1.165) is 0 Å². The van der Waals surface area contributed by atoms with Crippen LogP contribution in [-0.4, -0.2) is 23.0 Å². The number of hydrogen-bond acceptors (Lipinski definition) is 3. The van der Waals surface area contributed by atoms with Crippen LogP contribution >= 0.6 is 27.5 Å². The number of carboxylic acids is 1. The number of hydrogen-bond donors (Lipinski definition) is 3. The number of nitrogens with one attached hydrogen (secondary N) is 2. The van der Waals surface area contributed by atoms with Gasteiger partial charge in [-0.2, -0.15) is 0 Å². The summed E-state index contributed by atoms with van der Waals surface area (Å²) in [6.07, 6.45) is 0. The highest BCUT2D eigenvalue weighted by Gasteiger charge is 2.15. The smallest absolute Gasteiger partial charge is 0.331 e. The lowest BCUT2D eigenvalue weighted by Gasteiger charge is -2.09. The van der Waals surface area contributed by atoms with Gasteiger partial charge in [0.15, 0.2) is 0 Å². The van der Waals surface area contributed by atoms with Crippen LogP contribution in [0.15, 0.2) is 33.8 Å². The molecule has 1 rings (SSSR count). The summed E-state index contributed by atoms with van der Waals surface area (Å²) < 4.78 is 0.548. The summed E-state index contributed by atoms with van der Waals surface area (Å²) >= 11 is 8.98. The van der Waals surface area contributed by atoms with E-state index in [0.29, 0.717) is 15.2 Å². The van der Waals surface area contributed by atoms with Gasteiger partial charge in [0.05, 0.1) is 5.69 Å². The van der Waals surface area contributed by atoms with Crippen LogP contribution in [0.3, 0.4) is 0 Å². The van der Waals surface area contributed by atoms with Crippen LogP contribution < -0.4 is 10.6 Å². The first-order valence-electron chi connectivity index (χ1n) is 5.70. The molecular formula is C13H12BrClN2O4. The lowest BCUT2D eigenvalue weighted by Crippen LogP contribution is -2.35. The normalized spacial score (nSPS) is 11.4. The fraction of sp³-hybridized carbons (Fsp3) is 0.154. The molecule has 0 atom stereocenters. The first-order chi connectivity index (χ1) is 9.72. The average Bonchev–Trinajstić information content (AvgIpc) is 2.40. The monoisotopic (exact) mass is 374 g/mol. The van der Waals surface area contributed by atoms with Crippen molar-refractivity contribution in [1.82, 2.24) is 5.32 Å². The predicted molar refractivity (Wildman–Crippen MR) is 82.3 cm³/mol. The second-order valence-corrected chi connectivity index (χ2v) is 5.38. The molecule has 0 aliphatic heterocycles. The standard InChI is InChI=1S/C13H12BrClN2O4/c1-6(7(2)12(19)20)11(18)17-13(21)16-10-4-3-8(15)5-9(10)14/h3-5H,1-2H3,(H,19,20)(H2,16,17,18,21)/b7-6+. The van der Waals surface area contributed by atoms with E-state index in [9.17, 15) is 14.4 Å². The van der Waals surface area contributed by atoms with Gasteiger partial charge in [0, 0.05) is 20.6 Å². The molecule has 21 heavy (non-hydrogen) atoms. The Morgan fingerprint density at radius 2 is 1.81 bits per heavy atom. The fourth-order valence-corrected chi connectivity index (χ4v) is 2.05. The molecule has 0 unspecified atom stereocenters. The number of anilines is 1. The van der Waals surface area contributed by atoms with Gasteiger partial charge >= 0.3 is 12.0 Å². The number of amides is 3. The van der Waals surface area contributed by atoms with Crippen LogP contribution in [-0.2, 0) is 9.59 Å². The van der Waals surface area contributed by atoms with Crippen molar-refractivity contribution in [1.29, 1.82) is 0 Å². The van der Waals surface area contributed by atoms with Crippen LogP contribution in [0.2, 0.25) is 5.02 Å². The Labute approximate surface area is 134 Å². The van der Waals surface area contributed by atoms with E-state index in [2.05, 4.69) is 21.2 Å². The number of aliphatic carboxylic acids is 1. The zero-order valence-electron chi connectivity index (χ0n) is 11.2. The topological polar surface area (TPSA) is 95.5 Å². The maximum atomic E-state index is 11.7. The van der Waals surface area contributed by atoms with Crippen molar-refractivity contribution in [2.75, 3.05) is 5.32 Å². The van der Waals surface area contributed by atoms with Crippen LogP contribution in [0.5, 0.6) is 0 Å². The Hall–Kier alpha value is -1.86. The van der Waals surface area contributed by atoms with Crippen LogP contribution in [0, 0.1) is 0 Å². The number of urea groups is 1. The van der Waals surface area contributed by atoms with Crippen LogP contribution in [0.4, 0.5) is 10.5 Å². The predicted octanol–water partition coefficient (Wildman–Crippen LogP) is 3.17. The number of imide groups is 1. The van der Waals surface area contributed by atoms with E-state index in [1.807, 2.05) is 5.32 Å². The summed E-state index contributed by atoms with van der Waals surface area (Å²) in [5.74, 6) is -2.00. The number of carboxylic acid groups (broad SMARTS) is 1. The van der Waals surface area contributed by atoms with Crippen LogP contribution in [0.1, 0.15) is 13.8 Å². The number of benzene rings is 1. The van der Waals surface area contributed by atoms with E-state index in [4.69, 9.17) is 16.7 Å². The third-order valence-electron chi connectivity index (χ3n) is 2.63. The van der Waals surface area contributed by atoms with Gasteiger partial charge in [0.25, 0.3) is 5.91 Å². The van der Waals surface area contributed by atoms with E-state index >= 15 is 0 Å². The van der Waals surface area contributed by atoms with E-state index in [-0.39, 0.29) is 11.1 Å². The fourth-order valence-electron chi connectivity index (χ4n) is 1.27. The van der Waals surface area contributed by atoms with Gasteiger partial charge in [-0.15, -0.1) is 0 Å². The largest absolute Gasteiger partial charge is 0.478 e. The van der Waals surface area contributed by atoms with Crippen molar-refractivity contribution >= 4 is 51.1 Å². The molecule has 1 aromatic carbocycles. The van der Waals surface area contributed by atoms with Crippen LogP contribution in [0.25, 0.3) is 0 Å². The van der Waals surface area contributed by atoms with Gasteiger partial charge in [-0.1, -0.05) is 11.6 Å². The summed E-state index contributed by atoms with van der Waals surface area (Å²) in [6.45, 7) is 2.61. The zero-order chi connectivity index (χ0) is 16.2. The number of halogens is 2. The Morgan fingerprint density at radius 1 is 1.19 bits per heavy atom. The number of carbonyl (C=O) groups excluding carboxylic acids is 2. The Kier molecular flexibility index (Phi) is 5.92. The molecule has 0 radical (unpaired) electrons. The third-order valence-corrected chi connectivity index (χ3v) is 3.52. The molecule has 3 N–H and O–H groups in total. The molecule has 0 aliphatic carbocycles. The maximum Gasteiger partial charge on any atom is 0.331 e. The van der Waals surface area contributed by atoms with E-state index < -0.39 is 17.9 Å². The van der Waals surface area contributed by atoms with Crippen molar-refractivity contribution in [3.8, 4) is 0 Å². The van der Waals surface area contributed by atoms with Crippen molar-refractivity contribution in [3.05, 3.63) is 38.8 Å². The third kappa shape index (κ3) is 4.87. The molecule has 1 aromatic rings. The first-order valence-corrected chi connectivity index (χ1v) is 6.87. The molecule has 0 saturated heterocycles. The van der Waals surface area contributed by atoms with Gasteiger partial charge in [0.2, 0.25) is 0 Å². The number of rotatable bonds is 3. The molecule has 112 valence electrons. The SMILES string of the molecule is C/C(C(=O)O)=C(/C)C(=O)NC(=O)Nc1ccc(Cl)cc1Br. The van der Waals surface area contributed by atoms with Gasteiger partial charge in [-0.25, -0.2) is 9.59 Å². The minimum atomic E-state index is -1.22. The Bertz CT molecular complexity index is 643. The molecule has 8 heteroatoms. The second-order valence-electron chi connectivity index (χ2n) is 4.09. The molecule has 0 saturated carbocycles. The van der Waals surface area contributed by atoms with Crippen molar-refractivity contribution in [2.45, 2.75) is 13.8 Å². The molecule has 0 aromatic heterocycles. The zero-order valence-corrected chi connectivity index (χ0v) is 13.5. The van der Waals surface area contributed by atoms with Crippen molar-refractivity contribution in [3.63, 3.8) is 0 Å². The molecule has 0 aliphatic rings. The summed E-state index contributed by atoms with van der Waals surface area (Å²) in [7, 11) is 0. The van der Waals surface area contributed by atoms with Gasteiger partial charge in [0.1, 0.15) is 0 Å². The molecule has 0 spiro atoms. The quantitative estimate of drug-likeness (QED) is 0.707. The van der Waals surface area contributed by atoms with E-state index in [1.54, 1.807) is 18.2 Å². The minimum Gasteiger partial charge on any atom is -0.478 e. The first kappa shape index (κ1) is 17.2. The van der Waals surface area contributed by atoms with E-state index in [1.165, 1.54) is 13.8 Å². The second kappa shape index (κ2) is 7.24. The average molecular weight is 376 g/mol. The molecular weight excluding hydrogens is 364 g/mol. The minimum absolute atomic E-state index is 0.0483. The molecule has 0 heterocycles. The lowest BCUT2D eigenvalue weighted by molar-refractivity contribution is -0.133. The Balaban J connectivity index is 2.76. The molecule has 0 fully saturated rings. The summed E-state index contributed by atoms with van der Waals surface area (Å²) in [5.41, 5.74) is 0.238. The molecule has 6 nitrogen and oxygen atoms in total. The number of carbonyl (C=O) groups is 3. The highest BCUT2D eigenvalue weighted by Crippen LogP contribution is 2.25.